The first kappa shape index (κ1) is 15.1. The first-order chi connectivity index (χ1) is 9.25. The molecule has 1 aliphatic heterocycles. The largest absolute Gasteiger partial charge is 0.465 e. The van der Waals surface area contributed by atoms with E-state index in [4.69, 9.17) is 14.0 Å². The summed E-state index contributed by atoms with van der Waals surface area (Å²) in [5.74, 6) is -0.333. The van der Waals surface area contributed by atoms with Gasteiger partial charge in [-0.3, -0.25) is 0 Å². The average Bonchev–Trinajstić information content (AvgIpc) is 2.56. The molecule has 1 aliphatic rings. The van der Waals surface area contributed by atoms with Crippen LogP contribution < -0.4 is 0 Å². The molecule has 0 bridgehead atoms. The lowest BCUT2D eigenvalue weighted by atomic mass is 9.80. The monoisotopic (exact) mass is 276 g/mol. The van der Waals surface area contributed by atoms with E-state index in [1.54, 1.807) is 6.07 Å². The van der Waals surface area contributed by atoms with Crippen LogP contribution in [0.5, 0.6) is 0 Å². The van der Waals surface area contributed by atoms with E-state index in [1.807, 2.05) is 45.9 Å². The average molecular weight is 276 g/mol. The molecule has 2 rings (SSSR count). The summed E-state index contributed by atoms with van der Waals surface area (Å²) < 4.78 is 16.6. The van der Waals surface area contributed by atoms with Gasteiger partial charge in [0.25, 0.3) is 0 Å². The third-order valence-electron chi connectivity index (χ3n) is 4.05. The molecule has 0 N–H and O–H groups in total. The summed E-state index contributed by atoms with van der Waals surface area (Å²) >= 11 is 0. The molecule has 0 saturated carbocycles. The van der Waals surface area contributed by atoms with Crippen molar-refractivity contribution in [2.75, 3.05) is 7.11 Å². The number of esters is 1. The van der Waals surface area contributed by atoms with E-state index in [0.29, 0.717) is 11.9 Å². The molecule has 1 saturated heterocycles. The Morgan fingerprint density at radius 2 is 1.80 bits per heavy atom. The second-order valence-corrected chi connectivity index (χ2v) is 6.08. The summed E-state index contributed by atoms with van der Waals surface area (Å²) in [4.78, 5) is 11.5. The number of hydrogen-bond donors (Lipinski definition) is 0. The Morgan fingerprint density at radius 1 is 1.20 bits per heavy atom. The van der Waals surface area contributed by atoms with Gasteiger partial charge in [-0.2, -0.15) is 0 Å². The van der Waals surface area contributed by atoms with E-state index in [-0.39, 0.29) is 24.3 Å². The highest BCUT2D eigenvalue weighted by atomic mass is 16.7. The summed E-state index contributed by atoms with van der Waals surface area (Å²) in [6.07, 6.45) is 0.609. The second-order valence-electron chi connectivity index (χ2n) is 6.08. The maximum atomic E-state index is 11.5. The van der Waals surface area contributed by atoms with Gasteiger partial charge in [-0.25, -0.2) is 4.79 Å². The number of carbonyl (C=O) groups excluding carboxylic acids is 1. The van der Waals surface area contributed by atoms with E-state index < -0.39 is 0 Å². The minimum absolute atomic E-state index is 0.298. The maximum absolute atomic E-state index is 11.5. The zero-order valence-electron chi connectivity index (χ0n) is 12.7. The van der Waals surface area contributed by atoms with Crippen LogP contribution in [0, 0.1) is 0 Å². The SMILES string of the molecule is COC(=O)c1cccc(CB2OC(C)(C)C(C)(C)O2)c1. The van der Waals surface area contributed by atoms with Gasteiger partial charge >= 0.3 is 13.1 Å². The van der Waals surface area contributed by atoms with E-state index in [2.05, 4.69) is 0 Å². The predicted octanol–water partition coefficient (Wildman–Crippen LogP) is 2.65. The Morgan fingerprint density at radius 3 is 2.35 bits per heavy atom. The van der Waals surface area contributed by atoms with Gasteiger partial charge in [0.15, 0.2) is 0 Å². The maximum Gasteiger partial charge on any atom is 0.462 e. The number of benzene rings is 1. The lowest BCUT2D eigenvalue weighted by Gasteiger charge is -2.32. The van der Waals surface area contributed by atoms with Gasteiger partial charge in [0.2, 0.25) is 0 Å². The molecule has 1 fully saturated rings. The third kappa shape index (κ3) is 2.89. The molecule has 1 aromatic carbocycles. The van der Waals surface area contributed by atoms with E-state index >= 15 is 0 Å². The van der Waals surface area contributed by atoms with E-state index in [0.717, 1.165) is 5.56 Å². The number of methoxy groups -OCH3 is 1. The molecule has 0 amide bonds. The molecule has 1 aromatic rings. The van der Waals surface area contributed by atoms with Crippen molar-refractivity contribution < 1.29 is 18.8 Å². The van der Waals surface area contributed by atoms with Crippen molar-refractivity contribution >= 4 is 13.1 Å². The molecule has 5 heteroatoms. The van der Waals surface area contributed by atoms with Crippen LogP contribution >= 0.6 is 0 Å². The first-order valence-electron chi connectivity index (χ1n) is 6.78. The van der Waals surface area contributed by atoms with Gasteiger partial charge in [-0.15, -0.1) is 0 Å². The van der Waals surface area contributed by atoms with E-state index in [9.17, 15) is 4.79 Å². The van der Waals surface area contributed by atoms with Crippen LogP contribution in [0.2, 0.25) is 0 Å². The van der Waals surface area contributed by atoms with Crippen LogP contribution in [-0.2, 0) is 20.4 Å². The fourth-order valence-electron chi connectivity index (χ4n) is 2.18. The molecule has 0 atom stereocenters. The minimum atomic E-state index is -0.336. The molecule has 0 spiro atoms. The van der Waals surface area contributed by atoms with Crippen LogP contribution in [0.3, 0.4) is 0 Å². The fraction of sp³-hybridized carbons (Fsp3) is 0.533. The zero-order chi connectivity index (χ0) is 15.0. The van der Waals surface area contributed by atoms with Gasteiger partial charge in [0, 0.05) is 6.32 Å². The van der Waals surface area contributed by atoms with Gasteiger partial charge in [-0.05, 0) is 45.4 Å². The summed E-state index contributed by atoms with van der Waals surface area (Å²) in [5, 5.41) is 0. The first-order valence-corrected chi connectivity index (χ1v) is 6.78. The van der Waals surface area contributed by atoms with Gasteiger partial charge in [-0.1, -0.05) is 12.1 Å². The lowest BCUT2D eigenvalue weighted by molar-refractivity contribution is 0.00578. The van der Waals surface area contributed by atoms with Crippen molar-refractivity contribution in [3.05, 3.63) is 35.4 Å². The van der Waals surface area contributed by atoms with Gasteiger partial charge in [0.05, 0.1) is 23.9 Å². The van der Waals surface area contributed by atoms with Crippen LogP contribution in [0.4, 0.5) is 0 Å². The Kier molecular flexibility index (Phi) is 3.94. The second kappa shape index (κ2) is 5.22. The minimum Gasteiger partial charge on any atom is -0.465 e. The highest BCUT2D eigenvalue weighted by Crippen LogP contribution is 2.37. The normalized spacial score (nSPS) is 19.9. The van der Waals surface area contributed by atoms with Crippen molar-refractivity contribution in [3.8, 4) is 0 Å². The quantitative estimate of drug-likeness (QED) is 0.629. The summed E-state index contributed by atoms with van der Waals surface area (Å²) in [6.45, 7) is 8.10. The molecule has 0 aliphatic carbocycles. The summed E-state index contributed by atoms with van der Waals surface area (Å²) in [6, 6.07) is 7.35. The van der Waals surface area contributed by atoms with E-state index in [1.165, 1.54) is 7.11 Å². The van der Waals surface area contributed by atoms with Crippen LogP contribution in [0.25, 0.3) is 0 Å². The molecule has 4 nitrogen and oxygen atoms in total. The molecule has 20 heavy (non-hydrogen) atoms. The van der Waals surface area contributed by atoms with Crippen molar-refractivity contribution in [2.45, 2.75) is 45.2 Å². The smallest absolute Gasteiger partial charge is 0.462 e. The Bertz CT molecular complexity index is 494. The van der Waals surface area contributed by atoms with Crippen molar-refractivity contribution in [2.24, 2.45) is 0 Å². The van der Waals surface area contributed by atoms with Crippen molar-refractivity contribution in [1.82, 2.24) is 0 Å². The number of carbonyl (C=O) groups is 1. The fourth-order valence-corrected chi connectivity index (χ4v) is 2.18. The highest BCUT2D eigenvalue weighted by Gasteiger charge is 2.50. The van der Waals surface area contributed by atoms with Crippen molar-refractivity contribution in [3.63, 3.8) is 0 Å². The number of ether oxygens (including phenoxy) is 1. The Balaban J connectivity index is 2.10. The molecule has 108 valence electrons. The molecular formula is C15H21BO4. The highest BCUT2D eigenvalue weighted by molar-refractivity contribution is 6.45. The predicted molar refractivity (Wildman–Crippen MR) is 77.6 cm³/mol. The molecular weight excluding hydrogens is 255 g/mol. The molecule has 0 unspecified atom stereocenters. The topological polar surface area (TPSA) is 44.8 Å². The van der Waals surface area contributed by atoms with Gasteiger partial charge in [0.1, 0.15) is 0 Å². The Labute approximate surface area is 120 Å². The Hall–Kier alpha value is -1.33. The van der Waals surface area contributed by atoms with Crippen LogP contribution in [-0.4, -0.2) is 31.4 Å². The number of rotatable bonds is 3. The van der Waals surface area contributed by atoms with Crippen LogP contribution in [0.1, 0.15) is 43.6 Å². The van der Waals surface area contributed by atoms with Crippen LogP contribution in [0.15, 0.2) is 24.3 Å². The molecule has 1 heterocycles. The van der Waals surface area contributed by atoms with Crippen molar-refractivity contribution in [1.29, 1.82) is 0 Å². The third-order valence-corrected chi connectivity index (χ3v) is 4.05. The molecule has 0 radical (unpaired) electrons. The summed E-state index contributed by atoms with van der Waals surface area (Å²) in [5.41, 5.74) is 0.864. The number of hydrogen-bond acceptors (Lipinski definition) is 4. The lowest BCUT2D eigenvalue weighted by Crippen LogP contribution is -2.41. The summed E-state index contributed by atoms with van der Waals surface area (Å²) in [7, 11) is 1.08. The standard InChI is InChI=1S/C15H21BO4/c1-14(2)15(3,4)20-16(19-14)10-11-7-6-8-12(9-11)13(17)18-5/h6-9H,10H2,1-5H3. The molecule has 0 aromatic heterocycles. The zero-order valence-corrected chi connectivity index (χ0v) is 12.7. The van der Waals surface area contributed by atoms with Gasteiger partial charge < -0.3 is 14.0 Å².